The van der Waals surface area contributed by atoms with Crippen LogP contribution in [0.3, 0.4) is 0 Å². The number of nitrogens with two attached hydrogens (primary N) is 1. The normalized spacial score (nSPS) is 13.9. The molecule has 25 heavy (non-hydrogen) atoms. The Bertz CT molecular complexity index is 915. The molecule has 0 amide bonds. The minimum absolute atomic E-state index is 0.0421. The number of sulfonamides is 1. The van der Waals surface area contributed by atoms with E-state index < -0.39 is 31.1 Å². The molecule has 0 heterocycles. The number of benzene rings is 2. The highest BCUT2D eigenvalue weighted by Crippen LogP contribution is 2.30. The van der Waals surface area contributed by atoms with Crippen molar-refractivity contribution in [1.82, 2.24) is 0 Å². The third kappa shape index (κ3) is 4.45. The molecule has 0 saturated carbocycles. The van der Waals surface area contributed by atoms with E-state index in [1.165, 1.54) is 13.0 Å². The molecular weight excluding hydrogens is 370 g/mol. The molecule has 0 aromatic heterocycles. The zero-order valence-corrected chi connectivity index (χ0v) is 14.7. The second-order valence-electron chi connectivity index (χ2n) is 5.59. The van der Waals surface area contributed by atoms with Gasteiger partial charge in [0.05, 0.1) is 10.6 Å². The Kier molecular flexibility index (Phi) is 5.33. The van der Waals surface area contributed by atoms with E-state index in [2.05, 4.69) is 5.32 Å². The van der Waals surface area contributed by atoms with Gasteiger partial charge >= 0.3 is 0 Å². The summed E-state index contributed by atoms with van der Waals surface area (Å²) in [6, 6.07) is 9.90. The fraction of sp³-hybridized carbons (Fsp3) is 0.200. The summed E-state index contributed by atoms with van der Waals surface area (Å²) in [4.78, 5) is 9.67. The van der Waals surface area contributed by atoms with Gasteiger partial charge in [-0.25, -0.2) is 13.6 Å². The molecule has 0 fully saturated rings. The van der Waals surface area contributed by atoms with Crippen LogP contribution in [0.25, 0.3) is 0 Å². The first-order valence-electron chi connectivity index (χ1n) is 7.05. The summed E-state index contributed by atoms with van der Waals surface area (Å²) < 4.78 is 23.4. The molecule has 10 heteroatoms. The van der Waals surface area contributed by atoms with Crippen molar-refractivity contribution in [2.24, 2.45) is 5.14 Å². The van der Waals surface area contributed by atoms with Crippen molar-refractivity contribution in [3.05, 3.63) is 63.2 Å². The summed E-state index contributed by atoms with van der Waals surface area (Å²) in [5.74, 6) is 0. The van der Waals surface area contributed by atoms with Gasteiger partial charge in [0.1, 0.15) is 10.5 Å². The SMILES string of the molecule is CC(O)(CNc1ccc([N+](=O)[O-])cc1S(N)(=O)=O)c1ccccc1Cl. The highest BCUT2D eigenvalue weighted by molar-refractivity contribution is 7.89. The van der Waals surface area contributed by atoms with Crippen molar-refractivity contribution < 1.29 is 18.4 Å². The molecule has 1 unspecified atom stereocenters. The van der Waals surface area contributed by atoms with Crippen molar-refractivity contribution in [3.8, 4) is 0 Å². The van der Waals surface area contributed by atoms with E-state index >= 15 is 0 Å². The van der Waals surface area contributed by atoms with Gasteiger partial charge in [0, 0.05) is 29.3 Å². The Balaban J connectivity index is 2.34. The number of non-ortho nitro benzene ring substituents is 1. The molecule has 2 aromatic carbocycles. The van der Waals surface area contributed by atoms with E-state index in [9.17, 15) is 23.6 Å². The predicted molar refractivity (Wildman–Crippen MR) is 94.0 cm³/mol. The van der Waals surface area contributed by atoms with E-state index in [0.29, 0.717) is 10.6 Å². The first-order chi connectivity index (χ1) is 11.5. The van der Waals surface area contributed by atoms with Crippen LogP contribution in [0, 0.1) is 10.1 Å². The number of rotatable bonds is 6. The van der Waals surface area contributed by atoms with Crippen LogP contribution < -0.4 is 10.5 Å². The van der Waals surface area contributed by atoms with E-state index in [4.69, 9.17) is 16.7 Å². The lowest BCUT2D eigenvalue weighted by Crippen LogP contribution is -2.31. The van der Waals surface area contributed by atoms with E-state index in [1.807, 2.05) is 0 Å². The molecule has 2 aromatic rings. The zero-order valence-electron chi connectivity index (χ0n) is 13.1. The monoisotopic (exact) mass is 385 g/mol. The number of anilines is 1. The first kappa shape index (κ1) is 19.1. The summed E-state index contributed by atoms with van der Waals surface area (Å²) in [5.41, 5.74) is -1.34. The van der Waals surface area contributed by atoms with Crippen LogP contribution in [0.2, 0.25) is 5.02 Å². The summed E-state index contributed by atoms with van der Waals surface area (Å²) >= 11 is 6.07. The number of hydrogen-bond donors (Lipinski definition) is 3. The molecule has 1 atom stereocenters. The quantitative estimate of drug-likeness (QED) is 0.515. The van der Waals surface area contributed by atoms with Crippen molar-refractivity contribution in [2.75, 3.05) is 11.9 Å². The lowest BCUT2D eigenvalue weighted by molar-refractivity contribution is -0.385. The number of nitrogens with zero attached hydrogens (tertiary/aromatic N) is 1. The molecule has 8 nitrogen and oxygen atoms in total. The van der Waals surface area contributed by atoms with Gasteiger partial charge in [-0.2, -0.15) is 0 Å². The van der Waals surface area contributed by atoms with Crippen molar-refractivity contribution in [3.63, 3.8) is 0 Å². The van der Waals surface area contributed by atoms with E-state index in [1.54, 1.807) is 24.3 Å². The summed E-state index contributed by atoms with van der Waals surface area (Å²) in [6.45, 7) is 1.40. The Morgan fingerprint density at radius 3 is 2.52 bits per heavy atom. The molecule has 0 bridgehead atoms. The van der Waals surface area contributed by atoms with Crippen molar-refractivity contribution in [2.45, 2.75) is 17.4 Å². The fourth-order valence-corrected chi connectivity index (χ4v) is 3.34. The average molecular weight is 386 g/mol. The number of nitro groups is 1. The first-order valence-corrected chi connectivity index (χ1v) is 8.97. The zero-order chi connectivity index (χ0) is 18.8. The van der Waals surface area contributed by atoms with Gasteiger partial charge < -0.3 is 10.4 Å². The molecule has 0 radical (unpaired) electrons. The van der Waals surface area contributed by atoms with Gasteiger partial charge in [0.25, 0.3) is 5.69 Å². The maximum Gasteiger partial charge on any atom is 0.270 e. The maximum atomic E-state index is 11.7. The summed E-state index contributed by atoms with van der Waals surface area (Å²) in [5, 5.41) is 29.7. The minimum Gasteiger partial charge on any atom is -0.384 e. The molecule has 0 aliphatic carbocycles. The minimum atomic E-state index is -4.20. The topological polar surface area (TPSA) is 136 Å². The highest BCUT2D eigenvalue weighted by Gasteiger charge is 2.27. The molecule has 4 N–H and O–H groups in total. The molecule has 2 rings (SSSR count). The largest absolute Gasteiger partial charge is 0.384 e. The number of nitrogens with one attached hydrogen (secondary N) is 1. The van der Waals surface area contributed by atoms with Crippen LogP contribution in [0.15, 0.2) is 47.4 Å². The Hall–Kier alpha value is -2.20. The summed E-state index contributed by atoms with van der Waals surface area (Å²) in [6.07, 6.45) is 0. The molecule has 0 aliphatic rings. The molecule has 134 valence electrons. The number of hydrogen-bond acceptors (Lipinski definition) is 6. The van der Waals surface area contributed by atoms with E-state index in [-0.39, 0.29) is 12.2 Å². The van der Waals surface area contributed by atoms with Gasteiger partial charge in [-0.1, -0.05) is 29.8 Å². The second kappa shape index (κ2) is 6.96. The van der Waals surface area contributed by atoms with Gasteiger partial charge in [0.2, 0.25) is 10.0 Å². The van der Waals surface area contributed by atoms with Crippen LogP contribution in [-0.4, -0.2) is 25.0 Å². The molecular formula is C15H16ClN3O5S. The number of nitro benzene ring substituents is 1. The van der Waals surface area contributed by atoms with Gasteiger partial charge in [-0.05, 0) is 19.1 Å². The number of halogens is 1. The smallest absolute Gasteiger partial charge is 0.270 e. The standard InChI is InChI=1S/C15H16ClN3O5S/c1-15(20,11-4-2-3-5-12(11)16)9-18-13-7-6-10(19(21)22)8-14(13)25(17,23)24/h2-8,18,20H,9H2,1H3,(H2,17,23,24). The van der Waals surface area contributed by atoms with Gasteiger partial charge in [-0.15, -0.1) is 0 Å². The van der Waals surface area contributed by atoms with Crippen LogP contribution in [0.1, 0.15) is 12.5 Å². The molecule has 0 saturated heterocycles. The fourth-order valence-electron chi connectivity index (χ4n) is 2.27. The van der Waals surface area contributed by atoms with Gasteiger partial charge in [-0.3, -0.25) is 10.1 Å². The lowest BCUT2D eigenvalue weighted by atomic mass is 9.96. The molecule has 0 aliphatic heterocycles. The Morgan fingerprint density at radius 2 is 1.96 bits per heavy atom. The van der Waals surface area contributed by atoms with E-state index in [0.717, 1.165) is 12.1 Å². The van der Waals surface area contributed by atoms with Crippen LogP contribution >= 0.6 is 11.6 Å². The lowest BCUT2D eigenvalue weighted by Gasteiger charge is -2.26. The van der Waals surface area contributed by atoms with Crippen LogP contribution in [-0.2, 0) is 15.6 Å². The van der Waals surface area contributed by atoms with Crippen LogP contribution in [0.5, 0.6) is 0 Å². The van der Waals surface area contributed by atoms with Crippen LogP contribution in [0.4, 0.5) is 11.4 Å². The molecule has 0 spiro atoms. The van der Waals surface area contributed by atoms with Crippen molar-refractivity contribution >= 4 is 33.0 Å². The van der Waals surface area contributed by atoms with Gasteiger partial charge in [0.15, 0.2) is 0 Å². The predicted octanol–water partition coefficient (Wildman–Crippen LogP) is 2.22. The summed E-state index contributed by atoms with van der Waals surface area (Å²) in [7, 11) is -4.20. The Labute approximate surface area is 149 Å². The highest BCUT2D eigenvalue weighted by atomic mass is 35.5. The third-order valence-electron chi connectivity index (χ3n) is 3.56. The number of aliphatic hydroxyl groups is 1. The Morgan fingerprint density at radius 1 is 1.32 bits per heavy atom. The maximum absolute atomic E-state index is 11.7. The third-order valence-corrected chi connectivity index (χ3v) is 4.84. The van der Waals surface area contributed by atoms with Crippen molar-refractivity contribution in [1.29, 1.82) is 0 Å². The average Bonchev–Trinajstić information content (AvgIpc) is 2.52. The number of primary sulfonamides is 1. The second-order valence-corrected chi connectivity index (χ2v) is 7.53.